The summed E-state index contributed by atoms with van der Waals surface area (Å²) in [5.41, 5.74) is -3.89. The van der Waals surface area contributed by atoms with Crippen LogP contribution < -0.4 is 5.32 Å². The van der Waals surface area contributed by atoms with E-state index in [-0.39, 0.29) is 34.5 Å². The Morgan fingerprint density at radius 2 is 1.56 bits per heavy atom. The molecule has 1 aliphatic carbocycles. The average Bonchev–Trinajstić information content (AvgIpc) is 3.40. The number of carbonyl (C=O) groups excluding carboxylic acids is 2. The predicted octanol–water partition coefficient (Wildman–Crippen LogP) is 3.38. The second kappa shape index (κ2) is 7.15. The molecule has 1 aromatic carbocycles. The summed E-state index contributed by atoms with van der Waals surface area (Å²) in [5.74, 6) is 0.353. The van der Waals surface area contributed by atoms with Gasteiger partial charge in [0.25, 0.3) is 0 Å². The van der Waals surface area contributed by atoms with Crippen molar-refractivity contribution in [2.75, 3.05) is 31.5 Å². The number of hydrogen-bond donors (Lipinski definition) is 1. The number of halogens is 3. The second-order valence-electron chi connectivity index (χ2n) is 6.09. The van der Waals surface area contributed by atoms with Gasteiger partial charge in [-0.3, -0.25) is 4.79 Å². The Bertz CT molecular complexity index is 639. The lowest BCUT2D eigenvalue weighted by molar-refractivity contribution is -0.133. The van der Waals surface area contributed by atoms with E-state index < -0.39 is 5.51 Å². The highest BCUT2D eigenvalue weighted by Crippen LogP contribution is 2.37. The van der Waals surface area contributed by atoms with Crippen LogP contribution >= 0.6 is 11.8 Å². The third-order valence-corrected chi connectivity index (χ3v) is 4.88. The Balaban J connectivity index is 1.48. The van der Waals surface area contributed by atoms with Crippen molar-refractivity contribution in [1.82, 2.24) is 9.80 Å². The molecule has 9 heteroatoms. The zero-order chi connectivity index (χ0) is 18.0. The SMILES string of the molecule is O=C(Nc1ccc(SC(F)(F)F)cc1)N1CCN(C(=O)C2CC2)CC1. The normalized spacial score (nSPS) is 18.2. The lowest BCUT2D eigenvalue weighted by Crippen LogP contribution is -2.52. The number of urea groups is 1. The number of anilines is 1. The molecule has 0 aromatic heterocycles. The Morgan fingerprint density at radius 3 is 2.08 bits per heavy atom. The molecule has 1 aliphatic heterocycles. The highest BCUT2D eigenvalue weighted by Gasteiger charge is 2.35. The van der Waals surface area contributed by atoms with Gasteiger partial charge in [-0.25, -0.2) is 4.79 Å². The lowest BCUT2D eigenvalue weighted by Gasteiger charge is -2.34. The number of piperazine rings is 1. The molecule has 5 nitrogen and oxygen atoms in total. The molecule has 2 aliphatic rings. The molecule has 3 amide bonds. The minimum Gasteiger partial charge on any atom is -0.339 e. The molecule has 0 atom stereocenters. The van der Waals surface area contributed by atoms with Crippen molar-refractivity contribution in [3.05, 3.63) is 24.3 Å². The van der Waals surface area contributed by atoms with E-state index in [1.54, 1.807) is 9.80 Å². The molecule has 0 spiro atoms. The Morgan fingerprint density at radius 1 is 1.00 bits per heavy atom. The van der Waals surface area contributed by atoms with E-state index >= 15 is 0 Å². The zero-order valence-corrected chi connectivity index (χ0v) is 14.2. The van der Waals surface area contributed by atoms with E-state index in [0.29, 0.717) is 31.9 Å². The van der Waals surface area contributed by atoms with Crippen LogP contribution in [-0.2, 0) is 4.79 Å². The maximum atomic E-state index is 12.3. The van der Waals surface area contributed by atoms with E-state index in [2.05, 4.69) is 5.32 Å². The summed E-state index contributed by atoms with van der Waals surface area (Å²) in [7, 11) is 0. The van der Waals surface area contributed by atoms with E-state index in [4.69, 9.17) is 0 Å². The van der Waals surface area contributed by atoms with Crippen LogP contribution in [0.4, 0.5) is 23.7 Å². The summed E-state index contributed by atoms with van der Waals surface area (Å²) in [5, 5.41) is 2.67. The first kappa shape index (κ1) is 17.9. The number of nitrogens with one attached hydrogen (secondary N) is 1. The van der Waals surface area contributed by atoms with Gasteiger partial charge in [-0.15, -0.1) is 0 Å². The molecule has 2 fully saturated rings. The maximum absolute atomic E-state index is 12.3. The molecular weight excluding hydrogens is 355 g/mol. The third kappa shape index (κ3) is 5.04. The first-order valence-corrected chi connectivity index (χ1v) is 8.84. The van der Waals surface area contributed by atoms with Gasteiger partial charge < -0.3 is 15.1 Å². The van der Waals surface area contributed by atoms with Crippen molar-refractivity contribution >= 4 is 29.4 Å². The van der Waals surface area contributed by atoms with E-state index in [0.717, 1.165) is 12.8 Å². The third-order valence-electron chi connectivity index (χ3n) is 4.14. The summed E-state index contributed by atoms with van der Waals surface area (Å²) < 4.78 is 36.9. The monoisotopic (exact) mass is 373 g/mol. The average molecular weight is 373 g/mol. The number of carbonyl (C=O) groups is 2. The number of nitrogens with zero attached hydrogens (tertiary/aromatic N) is 2. The summed E-state index contributed by atoms with van der Waals surface area (Å²) in [6, 6.07) is 5.22. The quantitative estimate of drug-likeness (QED) is 0.827. The molecule has 0 bridgehead atoms. The molecule has 1 saturated heterocycles. The zero-order valence-electron chi connectivity index (χ0n) is 13.4. The van der Waals surface area contributed by atoms with Gasteiger partial charge in [0.2, 0.25) is 5.91 Å². The largest absolute Gasteiger partial charge is 0.446 e. The smallest absolute Gasteiger partial charge is 0.339 e. The van der Waals surface area contributed by atoms with Gasteiger partial charge in [0.05, 0.1) is 0 Å². The summed E-state index contributed by atoms with van der Waals surface area (Å²) in [6.45, 7) is 1.94. The molecule has 25 heavy (non-hydrogen) atoms. The van der Waals surface area contributed by atoms with Crippen LogP contribution in [0, 0.1) is 5.92 Å². The van der Waals surface area contributed by atoms with Crippen LogP contribution in [0.25, 0.3) is 0 Å². The first-order chi connectivity index (χ1) is 11.8. The van der Waals surface area contributed by atoms with Gasteiger partial charge in [0.15, 0.2) is 0 Å². The number of amides is 3. The maximum Gasteiger partial charge on any atom is 0.446 e. The number of hydrogen-bond acceptors (Lipinski definition) is 3. The molecular formula is C16H18F3N3O2S. The van der Waals surface area contributed by atoms with Crippen molar-refractivity contribution in [3.63, 3.8) is 0 Å². The number of rotatable bonds is 3. The fourth-order valence-electron chi connectivity index (χ4n) is 2.66. The highest BCUT2D eigenvalue weighted by atomic mass is 32.2. The minimum absolute atomic E-state index is 0.0673. The second-order valence-corrected chi connectivity index (χ2v) is 7.23. The lowest BCUT2D eigenvalue weighted by atomic mass is 10.2. The standard InChI is InChI=1S/C16H18F3N3O2S/c17-16(18,19)25-13-5-3-12(4-6-13)20-15(24)22-9-7-21(8-10-22)14(23)11-1-2-11/h3-6,11H,1-2,7-10H2,(H,20,24). The summed E-state index contributed by atoms with van der Waals surface area (Å²) in [6.07, 6.45) is 1.92. The molecule has 1 aromatic rings. The van der Waals surface area contributed by atoms with Crippen LogP contribution in [0.1, 0.15) is 12.8 Å². The van der Waals surface area contributed by atoms with Gasteiger partial charge in [-0.1, -0.05) is 0 Å². The van der Waals surface area contributed by atoms with Crippen LogP contribution in [0.3, 0.4) is 0 Å². The van der Waals surface area contributed by atoms with Crippen molar-refractivity contribution in [2.24, 2.45) is 5.92 Å². The van der Waals surface area contributed by atoms with E-state index in [9.17, 15) is 22.8 Å². The number of thioether (sulfide) groups is 1. The van der Waals surface area contributed by atoms with Gasteiger partial charge in [-0.05, 0) is 48.9 Å². The van der Waals surface area contributed by atoms with E-state index in [1.807, 2.05) is 0 Å². The fourth-order valence-corrected chi connectivity index (χ4v) is 3.20. The van der Waals surface area contributed by atoms with E-state index in [1.165, 1.54) is 24.3 Å². The van der Waals surface area contributed by atoms with Crippen LogP contribution in [0.2, 0.25) is 0 Å². The highest BCUT2D eigenvalue weighted by molar-refractivity contribution is 8.00. The Hall–Kier alpha value is -1.90. The molecule has 1 N–H and O–H groups in total. The molecule has 1 heterocycles. The van der Waals surface area contributed by atoms with Crippen molar-refractivity contribution in [3.8, 4) is 0 Å². The van der Waals surface area contributed by atoms with Gasteiger partial charge in [0.1, 0.15) is 0 Å². The van der Waals surface area contributed by atoms with Crippen LogP contribution in [-0.4, -0.2) is 53.4 Å². The van der Waals surface area contributed by atoms with Crippen molar-refractivity contribution < 1.29 is 22.8 Å². The number of benzene rings is 1. The molecule has 3 rings (SSSR count). The van der Waals surface area contributed by atoms with Crippen molar-refractivity contribution in [2.45, 2.75) is 23.2 Å². The Labute approximate surface area is 147 Å². The predicted molar refractivity (Wildman–Crippen MR) is 88.2 cm³/mol. The molecule has 0 radical (unpaired) electrons. The van der Waals surface area contributed by atoms with Crippen molar-refractivity contribution in [1.29, 1.82) is 0 Å². The van der Waals surface area contributed by atoms with Crippen LogP contribution in [0.15, 0.2) is 29.2 Å². The van der Waals surface area contributed by atoms with Gasteiger partial charge in [0, 0.05) is 42.7 Å². The van der Waals surface area contributed by atoms with Gasteiger partial charge >= 0.3 is 11.5 Å². The number of alkyl halides is 3. The van der Waals surface area contributed by atoms with Gasteiger partial charge in [-0.2, -0.15) is 13.2 Å². The molecule has 0 unspecified atom stereocenters. The topological polar surface area (TPSA) is 52.7 Å². The summed E-state index contributed by atoms with van der Waals surface area (Å²) in [4.78, 5) is 27.7. The molecule has 136 valence electrons. The first-order valence-electron chi connectivity index (χ1n) is 8.02. The Kier molecular flexibility index (Phi) is 5.12. The minimum atomic E-state index is -4.33. The fraction of sp³-hybridized carbons (Fsp3) is 0.500. The van der Waals surface area contributed by atoms with Crippen LogP contribution in [0.5, 0.6) is 0 Å². The molecule has 1 saturated carbocycles. The summed E-state index contributed by atoms with van der Waals surface area (Å²) >= 11 is -0.194.